The minimum Gasteiger partial charge on any atom is -0.327 e. The monoisotopic (exact) mass is 208 g/mol. The van der Waals surface area contributed by atoms with Crippen molar-refractivity contribution in [2.45, 2.75) is 38.6 Å². The number of hydrogen-bond donors (Lipinski definition) is 1. The first-order valence-electron chi connectivity index (χ1n) is 5.11. The molecule has 1 fully saturated rings. The Labute approximate surface area is 88.9 Å². The second-order valence-electron chi connectivity index (χ2n) is 3.99. The largest absolute Gasteiger partial charge is 0.327 e. The zero-order valence-corrected chi connectivity index (χ0v) is 9.31. The van der Waals surface area contributed by atoms with Crippen molar-refractivity contribution in [3.8, 4) is 0 Å². The number of nitrogens with zero attached hydrogens (tertiary/aromatic N) is 1. The number of rotatable bonds is 1. The molecule has 1 aliphatic rings. The fourth-order valence-corrected chi connectivity index (χ4v) is 2.65. The highest BCUT2D eigenvalue weighted by Gasteiger charge is 2.13. The minimum atomic E-state index is 0.371. The molecule has 0 bridgehead atoms. The van der Waals surface area contributed by atoms with Crippen molar-refractivity contribution in [1.82, 2.24) is 4.98 Å². The summed E-state index contributed by atoms with van der Waals surface area (Å²) in [6.07, 6.45) is 6.88. The molecule has 1 atom stereocenters. The van der Waals surface area contributed by atoms with Crippen LogP contribution in [0.3, 0.4) is 0 Å². The average molecular weight is 208 g/mol. The van der Waals surface area contributed by atoms with E-state index in [9.17, 15) is 0 Å². The molecule has 1 heterocycles. The smallest absolute Gasteiger partial charge is 0.116 e. The van der Waals surface area contributed by atoms with Gasteiger partial charge in [-0.05, 0) is 38.7 Å². The van der Waals surface area contributed by atoms with E-state index in [1.165, 1.54) is 24.8 Å². The van der Waals surface area contributed by atoms with Gasteiger partial charge in [0.05, 0.1) is 0 Å². The number of hydrogen-bond acceptors (Lipinski definition) is 3. The molecule has 2 N–H and O–H groups in total. The van der Waals surface area contributed by atoms with Crippen LogP contribution in [0.1, 0.15) is 36.4 Å². The van der Waals surface area contributed by atoms with E-state index in [2.05, 4.69) is 16.4 Å². The fourth-order valence-electron chi connectivity index (χ4n) is 1.88. The molecule has 0 spiro atoms. The van der Waals surface area contributed by atoms with Gasteiger partial charge in [-0.15, -0.1) is 11.3 Å². The lowest BCUT2D eigenvalue weighted by molar-refractivity contribution is 0.520. The Balaban J connectivity index is 2.09. The Kier molecular flexibility index (Phi) is 2.99. The van der Waals surface area contributed by atoms with Gasteiger partial charge in [0.1, 0.15) is 5.01 Å². The topological polar surface area (TPSA) is 38.9 Å². The van der Waals surface area contributed by atoms with E-state index in [4.69, 9.17) is 5.73 Å². The van der Waals surface area contributed by atoms with Gasteiger partial charge in [-0.2, -0.15) is 0 Å². The Bertz CT molecular complexity index is 341. The van der Waals surface area contributed by atoms with Gasteiger partial charge in [0.15, 0.2) is 0 Å². The van der Waals surface area contributed by atoms with Crippen molar-refractivity contribution >= 4 is 17.4 Å². The van der Waals surface area contributed by atoms with Crippen LogP contribution in [0.25, 0.3) is 6.08 Å². The lowest BCUT2D eigenvalue weighted by Gasteiger charge is -2.19. The Morgan fingerprint density at radius 1 is 1.64 bits per heavy atom. The zero-order chi connectivity index (χ0) is 9.97. The van der Waals surface area contributed by atoms with Crippen molar-refractivity contribution in [3.63, 3.8) is 0 Å². The van der Waals surface area contributed by atoms with Crippen LogP contribution in [-0.4, -0.2) is 11.0 Å². The first-order chi connectivity index (χ1) is 6.74. The van der Waals surface area contributed by atoms with Crippen LogP contribution in [0.2, 0.25) is 0 Å². The van der Waals surface area contributed by atoms with Gasteiger partial charge >= 0.3 is 0 Å². The van der Waals surface area contributed by atoms with Crippen LogP contribution >= 0.6 is 11.3 Å². The quantitative estimate of drug-likeness (QED) is 0.770. The van der Waals surface area contributed by atoms with Gasteiger partial charge in [0.2, 0.25) is 0 Å². The van der Waals surface area contributed by atoms with E-state index in [0.717, 1.165) is 17.1 Å². The molecule has 0 radical (unpaired) electrons. The summed E-state index contributed by atoms with van der Waals surface area (Å²) in [5.41, 5.74) is 8.51. The van der Waals surface area contributed by atoms with E-state index in [-0.39, 0.29) is 0 Å². The third-order valence-corrected chi connectivity index (χ3v) is 3.47. The molecule has 1 aliphatic carbocycles. The van der Waals surface area contributed by atoms with Gasteiger partial charge in [-0.3, -0.25) is 0 Å². The maximum atomic E-state index is 5.93. The molecule has 0 amide bonds. The van der Waals surface area contributed by atoms with Gasteiger partial charge in [0.25, 0.3) is 0 Å². The second-order valence-corrected chi connectivity index (χ2v) is 4.88. The molecule has 1 unspecified atom stereocenters. The number of thiazole rings is 1. The van der Waals surface area contributed by atoms with E-state index < -0.39 is 0 Å². The normalized spacial score (nSPS) is 25.6. The summed E-state index contributed by atoms with van der Waals surface area (Å²) in [5.74, 6) is 0. The molecule has 0 aliphatic heterocycles. The lowest BCUT2D eigenvalue weighted by Crippen LogP contribution is -2.23. The highest BCUT2D eigenvalue weighted by molar-refractivity contribution is 7.10. The standard InChI is InChI=1S/C11H16N2S/c1-8-7-14-11(13-8)6-9-3-2-4-10(12)5-9/h6-7,10H,2-5,12H2,1H3. The highest BCUT2D eigenvalue weighted by atomic mass is 32.1. The first kappa shape index (κ1) is 9.87. The van der Waals surface area contributed by atoms with E-state index >= 15 is 0 Å². The van der Waals surface area contributed by atoms with Crippen LogP contribution in [0.15, 0.2) is 11.0 Å². The minimum absolute atomic E-state index is 0.371. The summed E-state index contributed by atoms with van der Waals surface area (Å²) in [6.45, 7) is 2.03. The average Bonchev–Trinajstić information content (AvgIpc) is 2.51. The lowest BCUT2D eigenvalue weighted by atomic mass is 9.91. The molecular weight excluding hydrogens is 192 g/mol. The van der Waals surface area contributed by atoms with Gasteiger partial charge in [-0.1, -0.05) is 5.57 Å². The summed E-state index contributed by atoms with van der Waals surface area (Å²) < 4.78 is 0. The Morgan fingerprint density at radius 2 is 2.50 bits per heavy atom. The van der Waals surface area contributed by atoms with Gasteiger partial charge < -0.3 is 5.73 Å². The summed E-state index contributed by atoms with van der Waals surface area (Å²) in [7, 11) is 0. The summed E-state index contributed by atoms with van der Waals surface area (Å²) >= 11 is 1.72. The molecule has 76 valence electrons. The van der Waals surface area contributed by atoms with Gasteiger partial charge in [-0.25, -0.2) is 4.98 Å². The third-order valence-electron chi connectivity index (χ3n) is 2.56. The molecule has 1 aromatic heterocycles. The molecule has 1 aromatic rings. The molecule has 14 heavy (non-hydrogen) atoms. The Hall–Kier alpha value is -0.670. The second kappa shape index (κ2) is 4.24. The van der Waals surface area contributed by atoms with E-state index in [0.29, 0.717) is 6.04 Å². The molecular formula is C11H16N2S. The predicted molar refractivity (Wildman–Crippen MR) is 61.3 cm³/mol. The summed E-state index contributed by atoms with van der Waals surface area (Å²) in [6, 6.07) is 0.371. The number of aromatic nitrogens is 1. The summed E-state index contributed by atoms with van der Waals surface area (Å²) in [4.78, 5) is 4.43. The molecule has 0 saturated heterocycles. The molecule has 0 aromatic carbocycles. The van der Waals surface area contributed by atoms with Crippen LogP contribution < -0.4 is 5.73 Å². The van der Waals surface area contributed by atoms with Crippen molar-refractivity contribution in [2.75, 3.05) is 0 Å². The van der Waals surface area contributed by atoms with Crippen molar-refractivity contribution in [3.05, 3.63) is 21.7 Å². The maximum absolute atomic E-state index is 5.93. The van der Waals surface area contributed by atoms with Crippen molar-refractivity contribution < 1.29 is 0 Å². The summed E-state index contributed by atoms with van der Waals surface area (Å²) in [5, 5.41) is 3.22. The predicted octanol–water partition coefficient (Wildman–Crippen LogP) is 2.74. The molecule has 3 heteroatoms. The van der Waals surface area contributed by atoms with Crippen molar-refractivity contribution in [2.24, 2.45) is 5.73 Å². The van der Waals surface area contributed by atoms with Crippen molar-refractivity contribution in [1.29, 1.82) is 0 Å². The molecule has 2 rings (SSSR count). The van der Waals surface area contributed by atoms with Crippen LogP contribution in [0, 0.1) is 6.92 Å². The van der Waals surface area contributed by atoms with Gasteiger partial charge in [0, 0.05) is 17.1 Å². The Morgan fingerprint density at radius 3 is 3.14 bits per heavy atom. The van der Waals surface area contributed by atoms with Crippen LogP contribution in [0.5, 0.6) is 0 Å². The van der Waals surface area contributed by atoms with E-state index in [1.54, 1.807) is 11.3 Å². The maximum Gasteiger partial charge on any atom is 0.116 e. The van der Waals surface area contributed by atoms with Crippen LogP contribution in [-0.2, 0) is 0 Å². The molecule has 1 saturated carbocycles. The van der Waals surface area contributed by atoms with Crippen LogP contribution in [0.4, 0.5) is 0 Å². The number of aryl methyl sites for hydroxylation is 1. The highest BCUT2D eigenvalue weighted by Crippen LogP contribution is 2.25. The zero-order valence-electron chi connectivity index (χ0n) is 8.49. The first-order valence-corrected chi connectivity index (χ1v) is 5.99. The molecule has 2 nitrogen and oxygen atoms in total. The SMILES string of the molecule is Cc1csc(C=C2CCCC(N)C2)n1. The number of nitrogens with two attached hydrogens (primary N) is 1. The van der Waals surface area contributed by atoms with E-state index in [1.807, 2.05) is 6.92 Å². The third kappa shape index (κ3) is 2.42. The fraction of sp³-hybridized carbons (Fsp3) is 0.545.